The van der Waals surface area contributed by atoms with Crippen molar-refractivity contribution in [3.05, 3.63) is 48.0 Å². The molecule has 212 valence electrons. The fourth-order valence-corrected chi connectivity index (χ4v) is 8.07. The number of hydrogen-bond acceptors (Lipinski definition) is 8. The number of anilines is 1. The zero-order valence-corrected chi connectivity index (χ0v) is 25.5. The van der Waals surface area contributed by atoms with Crippen LogP contribution in [0.4, 0.5) is 5.13 Å². The number of rotatable bonds is 8. The second-order valence-corrected chi connectivity index (χ2v) is 13.7. The summed E-state index contributed by atoms with van der Waals surface area (Å²) in [7, 11) is -3.58. The molecule has 0 bridgehead atoms. The molecular weight excluding hydrogens is 576 g/mol. The Hall–Kier alpha value is -1.73. The number of aromatic nitrogens is 1. The lowest BCUT2D eigenvalue weighted by atomic mass is 10.0. The van der Waals surface area contributed by atoms with Gasteiger partial charge in [0, 0.05) is 49.7 Å². The summed E-state index contributed by atoms with van der Waals surface area (Å²) in [6, 6.07) is 12.5. The van der Waals surface area contributed by atoms with E-state index in [4.69, 9.17) is 9.72 Å². The summed E-state index contributed by atoms with van der Waals surface area (Å²) >= 11 is 3.18. The van der Waals surface area contributed by atoms with Gasteiger partial charge in [-0.1, -0.05) is 18.3 Å². The molecule has 0 spiro atoms. The quantitative estimate of drug-likeness (QED) is 0.338. The van der Waals surface area contributed by atoms with Crippen LogP contribution in [0, 0.1) is 5.92 Å². The zero-order chi connectivity index (χ0) is 26.7. The van der Waals surface area contributed by atoms with E-state index in [9.17, 15) is 13.2 Å². The fourth-order valence-electron chi connectivity index (χ4n) is 4.92. The molecule has 2 aliphatic rings. The van der Waals surface area contributed by atoms with Crippen molar-refractivity contribution in [2.24, 2.45) is 5.92 Å². The number of thiazole rings is 1. The van der Waals surface area contributed by atoms with Crippen molar-refractivity contribution >= 4 is 66.8 Å². The molecule has 12 heteroatoms. The van der Waals surface area contributed by atoms with E-state index in [1.165, 1.54) is 11.3 Å². The Morgan fingerprint density at radius 1 is 1.15 bits per heavy atom. The molecule has 1 aromatic heterocycles. The van der Waals surface area contributed by atoms with Crippen molar-refractivity contribution < 1.29 is 17.9 Å². The van der Waals surface area contributed by atoms with E-state index in [2.05, 4.69) is 17.9 Å². The first-order chi connectivity index (χ1) is 18.3. The van der Waals surface area contributed by atoms with E-state index in [0.717, 1.165) is 41.0 Å². The van der Waals surface area contributed by atoms with Crippen molar-refractivity contribution in [2.45, 2.75) is 29.6 Å². The Morgan fingerprint density at radius 3 is 2.59 bits per heavy atom. The van der Waals surface area contributed by atoms with Gasteiger partial charge < -0.3 is 4.74 Å². The smallest absolute Gasteiger partial charge is 0.260 e. The summed E-state index contributed by atoms with van der Waals surface area (Å²) in [5, 5.41) is 0.649. The van der Waals surface area contributed by atoms with Crippen LogP contribution in [0.1, 0.15) is 30.1 Å². The molecule has 8 nitrogen and oxygen atoms in total. The van der Waals surface area contributed by atoms with Gasteiger partial charge in [-0.3, -0.25) is 14.6 Å². The molecule has 2 saturated heterocycles. The minimum absolute atomic E-state index is 0. The molecule has 3 heterocycles. The van der Waals surface area contributed by atoms with E-state index < -0.39 is 10.0 Å². The summed E-state index contributed by atoms with van der Waals surface area (Å²) < 4.78 is 34.5. The van der Waals surface area contributed by atoms with Crippen LogP contribution >= 0.6 is 35.5 Å². The third-order valence-electron chi connectivity index (χ3n) is 7.16. The number of carbonyl (C=O) groups is 1. The van der Waals surface area contributed by atoms with Gasteiger partial charge in [0.25, 0.3) is 5.91 Å². The monoisotopic (exact) mass is 610 g/mol. The number of hydrogen-bond donors (Lipinski definition) is 0. The maximum absolute atomic E-state index is 13.8. The van der Waals surface area contributed by atoms with Gasteiger partial charge in [-0.2, -0.15) is 4.31 Å². The lowest BCUT2D eigenvalue weighted by molar-refractivity contribution is 0.0391. The average molecular weight is 611 g/mol. The highest BCUT2D eigenvalue weighted by Crippen LogP contribution is 2.32. The molecule has 2 aliphatic heterocycles. The van der Waals surface area contributed by atoms with E-state index >= 15 is 0 Å². The van der Waals surface area contributed by atoms with Crippen molar-refractivity contribution in [1.29, 1.82) is 0 Å². The van der Waals surface area contributed by atoms with Gasteiger partial charge in [-0.05, 0) is 67.5 Å². The summed E-state index contributed by atoms with van der Waals surface area (Å²) in [5.74, 6) is 0.165. The fraction of sp³-hybridized carbons (Fsp3) is 0.481. The predicted molar refractivity (Wildman–Crippen MR) is 161 cm³/mol. The Balaban J connectivity index is 0.00000353. The highest BCUT2D eigenvalue weighted by atomic mass is 35.5. The van der Waals surface area contributed by atoms with Crippen molar-refractivity contribution in [2.75, 3.05) is 63.6 Å². The first-order valence-corrected chi connectivity index (χ1v) is 16.5. The van der Waals surface area contributed by atoms with Gasteiger partial charge in [-0.25, -0.2) is 13.4 Å². The number of sulfonamides is 1. The first-order valence-electron chi connectivity index (χ1n) is 13.0. The average Bonchev–Trinajstić information content (AvgIpc) is 3.36. The Morgan fingerprint density at radius 2 is 1.90 bits per heavy atom. The van der Waals surface area contributed by atoms with Crippen molar-refractivity contribution in [3.63, 3.8) is 0 Å². The molecule has 0 radical (unpaired) electrons. The van der Waals surface area contributed by atoms with Crippen LogP contribution in [0.15, 0.2) is 52.3 Å². The minimum Gasteiger partial charge on any atom is -0.379 e. The number of ether oxygens (including phenoxy) is 1. The van der Waals surface area contributed by atoms with Crippen LogP contribution in [0.3, 0.4) is 0 Å². The maximum atomic E-state index is 13.8. The molecule has 1 unspecified atom stereocenters. The Bertz CT molecular complexity index is 1380. The van der Waals surface area contributed by atoms with Crippen LogP contribution in [0.5, 0.6) is 0 Å². The third kappa shape index (κ3) is 6.95. The number of morpholine rings is 1. The van der Waals surface area contributed by atoms with Gasteiger partial charge in [0.1, 0.15) is 0 Å². The van der Waals surface area contributed by atoms with Crippen molar-refractivity contribution in [3.8, 4) is 0 Å². The molecule has 2 aromatic carbocycles. The van der Waals surface area contributed by atoms with Gasteiger partial charge >= 0.3 is 0 Å². The van der Waals surface area contributed by atoms with Crippen molar-refractivity contribution in [1.82, 2.24) is 14.2 Å². The minimum atomic E-state index is -3.58. The lowest BCUT2D eigenvalue weighted by Crippen LogP contribution is -2.43. The number of carbonyl (C=O) groups excluding carboxylic acids is 1. The number of thioether (sulfide) groups is 1. The number of piperidine rings is 1. The van der Waals surface area contributed by atoms with Gasteiger partial charge in [-0.15, -0.1) is 24.2 Å². The lowest BCUT2D eigenvalue weighted by Gasteiger charge is -2.30. The summed E-state index contributed by atoms with van der Waals surface area (Å²) in [6.45, 7) is 7.41. The van der Waals surface area contributed by atoms with Crippen LogP contribution in [-0.4, -0.2) is 87.3 Å². The first kappa shape index (κ1) is 30.2. The SMILES string of the molecule is CSc1ccc2nc(N(CCN3CCOCC3)C(=O)c3ccc(S(=O)(=O)N4CCCC(C)C4)cc3)sc2c1.Cl. The van der Waals surface area contributed by atoms with Crippen LogP contribution in [-0.2, 0) is 14.8 Å². The standard InChI is InChI=1S/C27H34N4O4S3.ClH/c1-20-4-3-11-30(19-20)38(33,34)23-8-5-21(6-9-23)26(32)31(13-12-29-14-16-35-17-15-29)27-28-24-10-7-22(36-2)18-25(24)37-27;/h5-10,18,20H,3-4,11-17,19H2,1-2H3;1H. The van der Waals surface area contributed by atoms with E-state index in [0.29, 0.717) is 56.0 Å². The van der Waals surface area contributed by atoms with E-state index in [1.807, 2.05) is 18.4 Å². The molecule has 5 rings (SSSR count). The molecule has 1 amide bonds. The highest BCUT2D eigenvalue weighted by Gasteiger charge is 2.29. The Labute approximate surface area is 245 Å². The number of benzene rings is 2. The number of halogens is 1. The van der Waals surface area contributed by atoms with Crippen LogP contribution < -0.4 is 4.90 Å². The topological polar surface area (TPSA) is 83.0 Å². The molecule has 0 aliphatic carbocycles. The number of nitrogens with zero attached hydrogens (tertiary/aromatic N) is 4. The normalized spacial score (nSPS) is 19.1. The molecule has 0 saturated carbocycles. The molecule has 39 heavy (non-hydrogen) atoms. The van der Waals surface area contributed by atoms with Crippen LogP contribution in [0.25, 0.3) is 10.2 Å². The Kier molecular flexibility index (Phi) is 10.3. The second kappa shape index (κ2) is 13.3. The van der Waals surface area contributed by atoms with E-state index in [1.54, 1.807) is 45.2 Å². The van der Waals surface area contributed by atoms with Gasteiger partial charge in [0.2, 0.25) is 10.0 Å². The number of fused-ring (bicyclic) bond motifs is 1. The molecular formula is C27H35ClN4O4S3. The molecule has 0 N–H and O–H groups in total. The zero-order valence-electron chi connectivity index (χ0n) is 22.2. The molecule has 3 aromatic rings. The summed E-state index contributed by atoms with van der Waals surface area (Å²) in [5.41, 5.74) is 1.31. The highest BCUT2D eigenvalue weighted by molar-refractivity contribution is 7.98. The molecule has 2 fully saturated rings. The van der Waals surface area contributed by atoms with E-state index in [-0.39, 0.29) is 23.2 Å². The third-order valence-corrected chi connectivity index (χ3v) is 10.8. The van der Waals surface area contributed by atoms with Gasteiger partial charge in [0.05, 0.1) is 28.3 Å². The second-order valence-electron chi connectivity index (χ2n) is 9.88. The largest absolute Gasteiger partial charge is 0.379 e. The number of amides is 1. The van der Waals surface area contributed by atoms with Gasteiger partial charge in [0.15, 0.2) is 5.13 Å². The summed E-state index contributed by atoms with van der Waals surface area (Å²) in [6.07, 6.45) is 3.96. The predicted octanol–water partition coefficient (Wildman–Crippen LogP) is 4.84. The summed E-state index contributed by atoms with van der Waals surface area (Å²) in [4.78, 5) is 24.0. The maximum Gasteiger partial charge on any atom is 0.260 e. The molecule has 1 atom stereocenters. The van der Waals surface area contributed by atoms with Crippen LogP contribution in [0.2, 0.25) is 0 Å².